The first kappa shape index (κ1) is 28.4. The highest BCUT2D eigenvalue weighted by atomic mass is 16.4. The molecule has 0 radical (unpaired) electrons. The Labute approximate surface area is 248 Å². The quantitative estimate of drug-likeness (QED) is 0.314. The normalized spacial score (nSPS) is 24.2. The summed E-state index contributed by atoms with van der Waals surface area (Å²) < 4.78 is 2.06. The third-order valence-electron chi connectivity index (χ3n) is 9.69. The smallest absolute Gasteiger partial charge is 0.306 e. The number of benzene rings is 1. The summed E-state index contributed by atoms with van der Waals surface area (Å²) in [6.07, 6.45) is 15.2. The topological polar surface area (TPSA) is 91.6 Å². The number of carboxylic acid groups (broad SMARTS) is 1. The van der Waals surface area contributed by atoms with Gasteiger partial charge in [0.05, 0.1) is 18.2 Å². The molecule has 0 saturated heterocycles. The Kier molecular flexibility index (Phi) is 8.31. The molecule has 0 atom stereocenters. The highest BCUT2D eigenvalue weighted by Gasteiger charge is 2.34. The van der Waals surface area contributed by atoms with Crippen molar-refractivity contribution in [2.45, 2.75) is 76.2 Å². The van der Waals surface area contributed by atoms with E-state index in [0.29, 0.717) is 50.1 Å². The van der Waals surface area contributed by atoms with Gasteiger partial charge in [-0.05, 0) is 105 Å². The molecule has 0 bridgehead atoms. The van der Waals surface area contributed by atoms with Crippen LogP contribution >= 0.6 is 0 Å². The fourth-order valence-electron chi connectivity index (χ4n) is 6.85. The van der Waals surface area contributed by atoms with Gasteiger partial charge in [-0.1, -0.05) is 18.2 Å². The number of anilines is 2. The van der Waals surface area contributed by atoms with Crippen molar-refractivity contribution in [3.8, 4) is 11.1 Å². The molecule has 0 unspecified atom stereocenters. The van der Waals surface area contributed by atoms with E-state index >= 15 is 0 Å². The summed E-state index contributed by atoms with van der Waals surface area (Å²) in [5.41, 5.74) is 4.39. The van der Waals surface area contributed by atoms with Gasteiger partial charge in [-0.3, -0.25) is 14.3 Å². The molecule has 2 aromatic heterocycles. The Morgan fingerprint density at radius 3 is 2.26 bits per heavy atom. The van der Waals surface area contributed by atoms with Gasteiger partial charge in [0.25, 0.3) is 0 Å². The van der Waals surface area contributed by atoms with Gasteiger partial charge in [-0.2, -0.15) is 5.10 Å². The Balaban J connectivity index is 1.18. The van der Waals surface area contributed by atoms with E-state index in [1.54, 1.807) is 0 Å². The Morgan fingerprint density at radius 1 is 0.881 bits per heavy atom. The molecule has 0 spiro atoms. The van der Waals surface area contributed by atoms with Crippen molar-refractivity contribution in [3.05, 3.63) is 60.6 Å². The molecule has 1 aromatic carbocycles. The number of carbonyl (C=O) groups excluding carboxylic acids is 1. The molecule has 3 aromatic rings. The second kappa shape index (κ2) is 12.3. The standard InChI is InChI=1S/C34H43N5O3/c1-37(2)32-17-14-28(19-35-32)24-8-6-23(7-9-24)21-38(33(40)25-10-12-26(13-11-25)34(41)42)31-5-3-4-27(18-31)29-20-36-39(22-29)30-15-16-30/h3-5,14,17-20,22-26,30H,6-13,15-16,21H2,1-2H3,(H,41,42). The number of nitrogens with zero attached hydrogens (tertiary/aromatic N) is 5. The van der Waals surface area contributed by atoms with Crippen molar-refractivity contribution in [3.63, 3.8) is 0 Å². The van der Waals surface area contributed by atoms with Crippen LogP contribution in [0, 0.1) is 17.8 Å². The summed E-state index contributed by atoms with van der Waals surface area (Å²) in [5.74, 6) is 0.865. The first-order chi connectivity index (χ1) is 20.4. The largest absolute Gasteiger partial charge is 0.481 e. The number of carbonyl (C=O) groups is 2. The molecular weight excluding hydrogens is 526 g/mol. The lowest BCUT2D eigenvalue weighted by Crippen LogP contribution is -2.41. The van der Waals surface area contributed by atoms with E-state index in [4.69, 9.17) is 0 Å². The SMILES string of the molecule is CN(C)c1ccc(C2CCC(CN(C(=O)C3CCC(C(=O)O)CC3)c3cccc(-c4cnn(C5CC5)c4)c3)CC2)cn1. The zero-order valence-electron chi connectivity index (χ0n) is 24.9. The van der Waals surface area contributed by atoms with Gasteiger partial charge >= 0.3 is 5.97 Å². The van der Waals surface area contributed by atoms with Crippen molar-refractivity contribution < 1.29 is 14.7 Å². The lowest BCUT2D eigenvalue weighted by atomic mass is 9.78. The highest BCUT2D eigenvalue weighted by molar-refractivity contribution is 5.96. The minimum absolute atomic E-state index is 0.125. The maximum atomic E-state index is 14.1. The van der Waals surface area contributed by atoms with Crippen LogP contribution in [0.4, 0.5) is 11.5 Å². The maximum absolute atomic E-state index is 14.1. The van der Waals surface area contributed by atoms with Gasteiger partial charge < -0.3 is 14.9 Å². The van der Waals surface area contributed by atoms with Crippen LogP contribution in [0.15, 0.2) is 55.0 Å². The van der Waals surface area contributed by atoms with Crippen LogP contribution in [0.25, 0.3) is 11.1 Å². The summed E-state index contributed by atoms with van der Waals surface area (Å²) in [6.45, 7) is 0.701. The van der Waals surface area contributed by atoms with Crippen LogP contribution in [0.3, 0.4) is 0 Å². The van der Waals surface area contributed by atoms with Crippen LogP contribution in [0.5, 0.6) is 0 Å². The Hall–Kier alpha value is -3.68. The van der Waals surface area contributed by atoms with Gasteiger partial charge in [0.2, 0.25) is 5.91 Å². The molecule has 0 aliphatic heterocycles. The number of pyridine rings is 1. The predicted molar refractivity (Wildman–Crippen MR) is 165 cm³/mol. The third kappa shape index (κ3) is 6.37. The second-order valence-corrected chi connectivity index (χ2v) is 12.9. The van der Waals surface area contributed by atoms with Gasteiger partial charge in [0.1, 0.15) is 5.82 Å². The number of hydrogen-bond acceptors (Lipinski definition) is 5. The average Bonchev–Trinajstić information content (AvgIpc) is 3.76. The van der Waals surface area contributed by atoms with Crippen LogP contribution in [-0.4, -0.2) is 52.4 Å². The number of aromatic nitrogens is 3. The van der Waals surface area contributed by atoms with E-state index in [1.165, 1.54) is 18.4 Å². The van der Waals surface area contributed by atoms with Gasteiger partial charge in [0.15, 0.2) is 0 Å². The fraction of sp³-hybridized carbons (Fsp3) is 0.529. The van der Waals surface area contributed by atoms with Crippen molar-refractivity contribution in [1.82, 2.24) is 14.8 Å². The molecule has 1 amide bonds. The Morgan fingerprint density at radius 2 is 1.62 bits per heavy atom. The Bertz CT molecular complexity index is 1380. The molecule has 222 valence electrons. The number of carboxylic acids is 1. The van der Waals surface area contributed by atoms with Gasteiger partial charge in [-0.25, -0.2) is 4.98 Å². The average molecular weight is 570 g/mol. The van der Waals surface area contributed by atoms with E-state index in [1.807, 2.05) is 42.4 Å². The molecule has 2 heterocycles. The summed E-state index contributed by atoms with van der Waals surface area (Å²) in [4.78, 5) is 34.3. The first-order valence-corrected chi connectivity index (χ1v) is 15.7. The van der Waals surface area contributed by atoms with Crippen LogP contribution in [0.1, 0.15) is 81.7 Å². The molecule has 3 aliphatic rings. The molecule has 8 nitrogen and oxygen atoms in total. The third-order valence-corrected chi connectivity index (χ3v) is 9.69. The van der Waals surface area contributed by atoms with Crippen LogP contribution < -0.4 is 9.80 Å². The molecule has 3 saturated carbocycles. The van der Waals surface area contributed by atoms with Gasteiger partial charge in [-0.15, -0.1) is 0 Å². The molecule has 1 N–H and O–H groups in total. The van der Waals surface area contributed by atoms with E-state index < -0.39 is 5.97 Å². The van der Waals surface area contributed by atoms with E-state index in [0.717, 1.165) is 48.3 Å². The predicted octanol–water partition coefficient (Wildman–Crippen LogP) is 6.54. The van der Waals surface area contributed by atoms with E-state index in [9.17, 15) is 14.7 Å². The molecule has 3 aliphatic carbocycles. The van der Waals surface area contributed by atoms with Crippen molar-refractivity contribution >= 4 is 23.4 Å². The number of hydrogen-bond donors (Lipinski definition) is 1. The van der Waals surface area contributed by atoms with Crippen molar-refractivity contribution in [1.29, 1.82) is 0 Å². The monoisotopic (exact) mass is 569 g/mol. The second-order valence-electron chi connectivity index (χ2n) is 12.9. The van der Waals surface area contributed by atoms with Crippen molar-refractivity contribution in [2.24, 2.45) is 17.8 Å². The van der Waals surface area contributed by atoms with E-state index in [-0.39, 0.29) is 17.7 Å². The molecule has 8 heteroatoms. The zero-order valence-corrected chi connectivity index (χ0v) is 24.9. The lowest BCUT2D eigenvalue weighted by Gasteiger charge is -2.36. The molecule has 3 fully saturated rings. The molecule has 6 rings (SSSR count). The summed E-state index contributed by atoms with van der Waals surface area (Å²) >= 11 is 0. The minimum atomic E-state index is -0.736. The number of rotatable bonds is 9. The fourth-order valence-corrected chi connectivity index (χ4v) is 6.85. The molecular formula is C34H43N5O3. The highest BCUT2D eigenvalue weighted by Crippen LogP contribution is 2.39. The van der Waals surface area contributed by atoms with Crippen molar-refractivity contribution in [2.75, 3.05) is 30.4 Å². The zero-order chi connectivity index (χ0) is 29.2. The number of amides is 1. The summed E-state index contributed by atoms with van der Waals surface area (Å²) in [6, 6.07) is 13.2. The van der Waals surface area contributed by atoms with Crippen LogP contribution in [0.2, 0.25) is 0 Å². The lowest BCUT2D eigenvalue weighted by molar-refractivity contribution is -0.144. The van der Waals surface area contributed by atoms with E-state index in [2.05, 4.69) is 51.3 Å². The maximum Gasteiger partial charge on any atom is 0.306 e. The first-order valence-electron chi connectivity index (χ1n) is 15.7. The van der Waals surface area contributed by atoms with Crippen LogP contribution in [-0.2, 0) is 9.59 Å². The molecule has 42 heavy (non-hydrogen) atoms. The summed E-state index contributed by atoms with van der Waals surface area (Å²) in [7, 11) is 4.02. The van der Waals surface area contributed by atoms with Gasteiger partial charge in [0, 0.05) is 50.2 Å². The minimum Gasteiger partial charge on any atom is -0.481 e. The number of aliphatic carboxylic acids is 1. The summed E-state index contributed by atoms with van der Waals surface area (Å²) in [5, 5.41) is 14.1.